The van der Waals surface area contributed by atoms with Gasteiger partial charge in [0.05, 0.1) is 17.2 Å². The first-order valence-electron chi connectivity index (χ1n) is 10.8. The summed E-state index contributed by atoms with van der Waals surface area (Å²) in [4.78, 5) is 13.3. The van der Waals surface area contributed by atoms with Gasteiger partial charge < -0.3 is 15.5 Å². The van der Waals surface area contributed by atoms with Gasteiger partial charge in [-0.2, -0.15) is 0 Å². The Labute approximate surface area is 169 Å². The van der Waals surface area contributed by atoms with Crippen molar-refractivity contribution in [2.75, 3.05) is 26.2 Å². The van der Waals surface area contributed by atoms with Crippen LogP contribution < -0.4 is 10.6 Å². The van der Waals surface area contributed by atoms with Crippen molar-refractivity contribution in [1.82, 2.24) is 20.5 Å². The van der Waals surface area contributed by atoms with E-state index in [1.807, 2.05) is 0 Å². The van der Waals surface area contributed by atoms with E-state index in [-0.39, 0.29) is 0 Å². The van der Waals surface area contributed by atoms with Gasteiger partial charge in [0.2, 0.25) is 0 Å². The number of thiazole rings is 1. The molecule has 0 unspecified atom stereocenters. The van der Waals surface area contributed by atoms with Crippen LogP contribution in [0.25, 0.3) is 0 Å². The fraction of sp³-hybridized carbons (Fsp3) is 0.810. The Morgan fingerprint density at radius 3 is 2.52 bits per heavy atom. The molecule has 0 aromatic carbocycles. The predicted molar refractivity (Wildman–Crippen MR) is 116 cm³/mol. The lowest BCUT2D eigenvalue weighted by Crippen LogP contribution is -2.49. The molecule has 2 heterocycles. The first-order chi connectivity index (χ1) is 13.1. The third-order valence-corrected chi connectivity index (χ3v) is 6.95. The fourth-order valence-electron chi connectivity index (χ4n) is 4.38. The van der Waals surface area contributed by atoms with Crippen molar-refractivity contribution >= 4 is 17.3 Å². The fourth-order valence-corrected chi connectivity index (χ4v) is 5.24. The number of piperidine rings is 1. The second-order valence-corrected chi connectivity index (χ2v) is 9.45. The van der Waals surface area contributed by atoms with Crippen LogP contribution in [0.2, 0.25) is 0 Å². The molecule has 27 heavy (non-hydrogen) atoms. The van der Waals surface area contributed by atoms with Gasteiger partial charge >= 0.3 is 0 Å². The number of hydrogen-bond donors (Lipinski definition) is 2. The Morgan fingerprint density at radius 1 is 1.15 bits per heavy atom. The summed E-state index contributed by atoms with van der Waals surface area (Å²) in [7, 11) is 0. The summed E-state index contributed by atoms with van der Waals surface area (Å²) >= 11 is 1.76. The molecule has 2 aliphatic rings. The number of aliphatic imine (C=N–C) groups is 1. The van der Waals surface area contributed by atoms with Crippen molar-refractivity contribution in [3.05, 3.63) is 15.6 Å². The average molecular weight is 392 g/mol. The number of aryl methyl sites for hydroxylation is 2. The van der Waals surface area contributed by atoms with Gasteiger partial charge in [-0.25, -0.2) is 9.98 Å². The summed E-state index contributed by atoms with van der Waals surface area (Å²) < 4.78 is 0. The minimum atomic E-state index is 0.537. The molecule has 0 bridgehead atoms. The summed E-state index contributed by atoms with van der Waals surface area (Å²) in [5.74, 6) is 1.90. The predicted octanol–water partition coefficient (Wildman–Crippen LogP) is 3.86. The number of hydrogen-bond acceptors (Lipinski definition) is 4. The number of nitrogens with zero attached hydrogens (tertiary/aromatic N) is 3. The number of nitrogens with one attached hydrogen (secondary N) is 2. The van der Waals surface area contributed by atoms with E-state index in [9.17, 15) is 0 Å². The third-order valence-electron chi connectivity index (χ3n) is 5.89. The van der Waals surface area contributed by atoms with E-state index in [1.54, 1.807) is 11.3 Å². The molecule has 1 aromatic heterocycles. The summed E-state index contributed by atoms with van der Waals surface area (Å²) in [6, 6.07) is 0.537. The highest BCUT2D eigenvalue weighted by Crippen LogP contribution is 2.25. The van der Waals surface area contributed by atoms with Crippen molar-refractivity contribution in [1.29, 1.82) is 0 Å². The molecule has 1 aromatic rings. The van der Waals surface area contributed by atoms with Gasteiger partial charge in [-0.1, -0.05) is 19.3 Å². The number of aromatic nitrogens is 1. The minimum absolute atomic E-state index is 0.537. The zero-order valence-corrected chi connectivity index (χ0v) is 18.2. The molecule has 3 rings (SSSR count). The maximum atomic E-state index is 4.82. The van der Waals surface area contributed by atoms with Crippen LogP contribution in [-0.2, 0) is 6.54 Å². The van der Waals surface area contributed by atoms with E-state index in [1.165, 1.54) is 69.5 Å². The third kappa shape index (κ3) is 6.46. The van der Waals surface area contributed by atoms with E-state index in [0.29, 0.717) is 12.6 Å². The Balaban J connectivity index is 1.46. The van der Waals surface area contributed by atoms with E-state index in [2.05, 4.69) is 41.3 Å². The highest BCUT2D eigenvalue weighted by atomic mass is 32.1. The summed E-state index contributed by atoms with van der Waals surface area (Å²) in [5, 5.41) is 8.21. The van der Waals surface area contributed by atoms with Crippen LogP contribution in [0.15, 0.2) is 4.99 Å². The molecule has 0 radical (unpaired) electrons. The monoisotopic (exact) mass is 391 g/mol. The van der Waals surface area contributed by atoms with Gasteiger partial charge in [0.25, 0.3) is 0 Å². The maximum Gasteiger partial charge on any atom is 0.191 e. The summed E-state index contributed by atoms with van der Waals surface area (Å²) in [6.07, 6.45) is 9.69. The normalized spacial score (nSPS) is 20.8. The molecule has 2 N–H and O–H groups in total. The lowest BCUT2D eigenvalue weighted by molar-refractivity contribution is 0.160. The van der Waals surface area contributed by atoms with Gasteiger partial charge in [0.1, 0.15) is 0 Å². The van der Waals surface area contributed by atoms with Gasteiger partial charge in [0.15, 0.2) is 5.96 Å². The smallest absolute Gasteiger partial charge is 0.191 e. The van der Waals surface area contributed by atoms with Crippen molar-refractivity contribution in [2.45, 2.75) is 78.3 Å². The molecule has 6 heteroatoms. The van der Waals surface area contributed by atoms with Crippen LogP contribution in [0.3, 0.4) is 0 Å². The quantitative estimate of drug-likeness (QED) is 0.571. The highest BCUT2D eigenvalue weighted by Gasteiger charge is 2.23. The molecule has 5 nitrogen and oxygen atoms in total. The molecular weight excluding hydrogens is 354 g/mol. The lowest BCUT2D eigenvalue weighted by atomic mass is 9.88. The topological polar surface area (TPSA) is 52.6 Å². The average Bonchev–Trinajstić information content (AvgIpc) is 2.99. The molecule has 2 fully saturated rings. The van der Waals surface area contributed by atoms with Gasteiger partial charge in [-0.15, -0.1) is 11.3 Å². The van der Waals surface area contributed by atoms with Crippen LogP contribution in [0.4, 0.5) is 0 Å². The summed E-state index contributed by atoms with van der Waals surface area (Å²) in [6.45, 7) is 11.7. The van der Waals surface area contributed by atoms with Crippen molar-refractivity contribution < 1.29 is 0 Å². The molecule has 152 valence electrons. The molecule has 0 atom stereocenters. The number of rotatable bonds is 6. The Bertz CT molecular complexity index is 598. The molecule has 0 spiro atoms. The Kier molecular flexibility index (Phi) is 7.94. The SMILES string of the molecule is CCNC(=NCc1sc(C)nc1C)NC1CCN(CC2CCCCC2)CC1. The first kappa shape index (κ1) is 20.6. The van der Waals surface area contributed by atoms with Crippen molar-refractivity contribution in [3.63, 3.8) is 0 Å². The minimum Gasteiger partial charge on any atom is -0.357 e. The molecule has 1 saturated heterocycles. The van der Waals surface area contributed by atoms with Crippen LogP contribution in [0, 0.1) is 19.8 Å². The molecule has 0 amide bonds. The van der Waals surface area contributed by atoms with Gasteiger partial charge in [-0.3, -0.25) is 0 Å². The lowest BCUT2D eigenvalue weighted by Gasteiger charge is -2.36. The van der Waals surface area contributed by atoms with E-state index < -0.39 is 0 Å². The molecule has 1 aliphatic carbocycles. The van der Waals surface area contributed by atoms with Crippen molar-refractivity contribution in [3.8, 4) is 0 Å². The highest BCUT2D eigenvalue weighted by molar-refractivity contribution is 7.11. The van der Waals surface area contributed by atoms with Crippen LogP contribution >= 0.6 is 11.3 Å². The zero-order valence-electron chi connectivity index (χ0n) is 17.4. The standard InChI is InChI=1S/C21H37N5S/c1-4-22-21(23-14-20-16(2)24-17(3)27-20)25-19-10-12-26(13-11-19)15-18-8-6-5-7-9-18/h18-19H,4-15H2,1-3H3,(H2,22,23,25). The van der Waals surface area contributed by atoms with Crippen LogP contribution in [0.5, 0.6) is 0 Å². The largest absolute Gasteiger partial charge is 0.357 e. The Morgan fingerprint density at radius 2 is 1.89 bits per heavy atom. The second kappa shape index (κ2) is 10.4. The van der Waals surface area contributed by atoms with Gasteiger partial charge in [0, 0.05) is 37.1 Å². The number of guanidine groups is 1. The number of likely N-dealkylation sites (tertiary alicyclic amines) is 1. The van der Waals surface area contributed by atoms with E-state index in [4.69, 9.17) is 4.99 Å². The Hall–Kier alpha value is -1.14. The molecule has 1 saturated carbocycles. The molecule has 1 aliphatic heterocycles. The second-order valence-electron chi connectivity index (χ2n) is 8.16. The van der Waals surface area contributed by atoms with Crippen LogP contribution in [0.1, 0.15) is 67.4 Å². The van der Waals surface area contributed by atoms with Crippen molar-refractivity contribution in [2.24, 2.45) is 10.9 Å². The zero-order chi connectivity index (χ0) is 19.1. The summed E-state index contributed by atoms with van der Waals surface area (Å²) in [5.41, 5.74) is 1.12. The molecular formula is C21H37N5S. The van der Waals surface area contributed by atoms with Crippen LogP contribution in [-0.4, -0.2) is 48.1 Å². The van der Waals surface area contributed by atoms with E-state index >= 15 is 0 Å². The first-order valence-corrected chi connectivity index (χ1v) is 11.7. The van der Waals surface area contributed by atoms with Gasteiger partial charge in [-0.05, 0) is 52.4 Å². The van der Waals surface area contributed by atoms with E-state index in [0.717, 1.165) is 29.1 Å². The maximum absolute atomic E-state index is 4.82.